The van der Waals surface area contributed by atoms with Gasteiger partial charge in [-0.15, -0.1) is 24.8 Å². The Morgan fingerprint density at radius 1 is 1.07 bits per heavy atom. The second-order valence-corrected chi connectivity index (χ2v) is 8.47. The number of nitrogens with zero attached hydrogens (tertiary/aromatic N) is 3. The molecule has 9 heteroatoms. The molecule has 7 nitrogen and oxygen atoms in total. The molecule has 1 aromatic rings. The average molecular weight is 445 g/mol. The Labute approximate surface area is 183 Å². The van der Waals surface area contributed by atoms with E-state index in [4.69, 9.17) is 4.74 Å². The number of pyridine rings is 1. The maximum absolute atomic E-state index is 13.1. The van der Waals surface area contributed by atoms with Crippen molar-refractivity contribution in [3.8, 4) is 0 Å². The number of halogens is 2. The van der Waals surface area contributed by atoms with Crippen molar-refractivity contribution < 1.29 is 9.53 Å². The van der Waals surface area contributed by atoms with Crippen LogP contribution in [0.2, 0.25) is 0 Å². The number of rotatable bonds is 3. The number of piperidine rings is 2. The van der Waals surface area contributed by atoms with Gasteiger partial charge in [0.15, 0.2) is 0 Å². The molecule has 3 fully saturated rings. The summed E-state index contributed by atoms with van der Waals surface area (Å²) in [6, 6.07) is 4.51. The highest BCUT2D eigenvalue weighted by Gasteiger charge is 2.33. The lowest BCUT2D eigenvalue weighted by Crippen LogP contribution is -2.47. The van der Waals surface area contributed by atoms with Crippen molar-refractivity contribution in [3.05, 3.63) is 33.7 Å². The van der Waals surface area contributed by atoms with E-state index in [0.29, 0.717) is 31.5 Å². The van der Waals surface area contributed by atoms with Crippen LogP contribution in [0.5, 0.6) is 0 Å². The summed E-state index contributed by atoms with van der Waals surface area (Å²) in [7, 11) is 0. The summed E-state index contributed by atoms with van der Waals surface area (Å²) in [5.41, 5.74) is 2.32. The minimum absolute atomic E-state index is 0. The topological polar surface area (TPSA) is 66.8 Å². The fourth-order valence-corrected chi connectivity index (χ4v) is 5.32. The number of amides is 1. The van der Waals surface area contributed by atoms with Gasteiger partial charge in [-0.1, -0.05) is 6.07 Å². The standard InChI is InChI=1S/C20H28N4O3.2ClH/c25-19-15(1-2-18-16-9-14(10-21-11-16)12-24(18)19)13-22-5-3-17(4-6-22)23-7-8-27-20(23)26;;/h1-2,14,16-17,21H,3-13H2;2*1H/t14-,16+;;/m0../s1. The molecular weight excluding hydrogens is 415 g/mol. The van der Waals surface area contributed by atoms with E-state index in [0.717, 1.165) is 51.1 Å². The summed E-state index contributed by atoms with van der Waals surface area (Å²) < 4.78 is 7.11. The first-order valence-electron chi connectivity index (χ1n) is 10.3. The number of aromatic nitrogens is 1. The van der Waals surface area contributed by atoms with E-state index in [9.17, 15) is 9.59 Å². The summed E-state index contributed by atoms with van der Waals surface area (Å²) in [5.74, 6) is 1.07. The number of nitrogens with one attached hydrogen (secondary N) is 1. The van der Waals surface area contributed by atoms with Crippen LogP contribution in [0.1, 0.15) is 36.4 Å². The molecule has 0 radical (unpaired) electrons. The van der Waals surface area contributed by atoms with Crippen molar-refractivity contribution in [3.63, 3.8) is 0 Å². The fourth-order valence-electron chi connectivity index (χ4n) is 5.32. The molecule has 162 valence electrons. The number of cyclic esters (lactones) is 1. The highest BCUT2D eigenvalue weighted by atomic mass is 35.5. The van der Waals surface area contributed by atoms with Crippen LogP contribution in [0.25, 0.3) is 0 Å². The Balaban J connectivity index is 0.00000120. The van der Waals surface area contributed by atoms with Crippen molar-refractivity contribution in [2.45, 2.75) is 44.3 Å². The lowest BCUT2D eigenvalue weighted by molar-refractivity contribution is 0.115. The largest absolute Gasteiger partial charge is 0.448 e. The van der Waals surface area contributed by atoms with Gasteiger partial charge >= 0.3 is 6.09 Å². The number of fused-ring (bicyclic) bond motifs is 4. The predicted molar refractivity (Wildman–Crippen MR) is 115 cm³/mol. The number of ether oxygens (including phenoxy) is 1. The van der Waals surface area contributed by atoms with Gasteiger partial charge in [0, 0.05) is 55.9 Å². The molecule has 4 aliphatic heterocycles. The molecule has 0 unspecified atom stereocenters. The van der Waals surface area contributed by atoms with Gasteiger partial charge in [-0.05, 0) is 37.8 Å². The normalized spacial score (nSPS) is 26.9. The SMILES string of the molecule is Cl.Cl.O=C1OCCN1C1CCN(Cc2ccc3n(c2=O)C[C@@H]2CNC[C@H]3C2)CC1. The van der Waals surface area contributed by atoms with Gasteiger partial charge in [-0.2, -0.15) is 0 Å². The van der Waals surface area contributed by atoms with E-state index in [1.54, 1.807) is 0 Å². The fraction of sp³-hybridized carbons (Fsp3) is 0.700. The number of likely N-dealkylation sites (tertiary alicyclic amines) is 1. The Bertz CT molecular complexity index is 794. The van der Waals surface area contributed by atoms with Crippen molar-refractivity contribution in [2.24, 2.45) is 5.92 Å². The summed E-state index contributed by atoms with van der Waals surface area (Å²) in [5, 5.41) is 3.50. The third-order valence-electron chi connectivity index (χ3n) is 6.77. The summed E-state index contributed by atoms with van der Waals surface area (Å²) >= 11 is 0. The molecule has 2 bridgehead atoms. The maximum atomic E-state index is 13.1. The molecule has 29 heavy (non-hydrogen) atoms. The second kappa shape index (κ2) is 9.25. The number of hydrogen-bond donors (Lipinski definition) is 1. The summed E-state index contributed by atoms with van der Waals surface area (Å²) in [6.07, 6.45) is 2.95. The van der Waals surface area contributed by atoms with Crippen LogP contribution in [-0.2, 0) is 17.8 Å². The molecule has 1 aromatic heterocycles. The third kappa shape index (κ3) is 4.29. The predicted octanol–water partition coefficient (Wildman–Crippen LogP) is 1.82. The first-order valence-corrected chi connectivity index (χ1v) is 10.3. The van der Waals surface area contributed by atoms with Crippen molar-refractivity contribution in [2.75, 3.05) is 39.3 Å². The van der Waals surface area contributed by atoms with Gasteiger partial charge < -0.3 is 19.5 Å². The van der Waals surface area contributed by atoms with Gasteiger partial charge in [-0.25, -0.2) is 4.79 Å². The van der Waals surface area contributed by atoms with Gasteiger partial charge in [0.05, 0.1) is 6.54 Å². The van der Waals surface area contributed by atoms with Crippen LogP contribution in [0.3, 0.4) is 0 Å². The van der Waals surface area contributed by atoms with Crippen LogP contribution < -0.4 is 10.9 Å². The van der Waals surface area contributed by atoms with Crippen LogP contribution in [0.4, 0.5) is 4.79 Å². The molecule has 5 heterocycles. The van der Waals surface area contributed by atoms with E-state index in [1.807, 2.05) is 15.5 Å². The molecule has 1 N–H and O–H groups in total. The Kier molecular flexibility index (Phi) is 7.14. The van der Waals surface area contributed by atoms with Crippen LogP contribution >= 0.6 is 24.8 Å². The number of carbonyl (C=O) groups excluding carboxylic acids is 1. The molecular formula is C20H30Cl2N4O3. The first kappa shape index (κ1) is 22.4. The molecule has 4 aliphatic rings. The van der Waals surface area contributed by atoms with Gasteiger partial charge in [0.1, 0.15) is 6.61 Å². The van der Waals surface area contributed by atoms with E-state index in [2.05, 4.69) is 16.3 Å². The van der Waals surface area contributed by atoms with Crippen molar-refractivity contribution >= 4 is 30.9 Å². The Morgan fingerprint density at radius 3 is 2.59 bits per heavy atom. The van der Waals surface area contributed by atoms with Crippen LogP contribution in [0.15, 0.2) is 16.9 Å². The minimum atomic E-state index is -0.165. The molecule has 1 amide bonds. The zero-order valence-electron chi connectivity index (χ0n) is 16.5. The lowest BCUT2D eigenvalue weighted by Gasteiger charge is -2.38. The minimum Gasteiger partial charge on any atom is -0.448 e. The highest BCUT2D eigenvalue weighted by molar-refractivity contribution is 5.85. The molecule has 0 aromatic carbocycles. The molecule has 0 saturated carbocycles. The third-order valence-corrected chi connectivity index (χ3v) is 6.77. The molecule has 3 saturated heterocycles. The zero-order valence-corrected chi connectivity index (χ0v) is 18.2. The van der Waals surface area contributed by atoms with E-state index in [-0.39, 0.29) is 42.5 Å². The lowest BCUT2D eigenvalue weighted by atomic mass is 9.84. The van der Waals surface area contributed by atoms with Gasteiger partial charge in [0.2, 0.25) is 0 Å². The Morgan fingerprint density at radius 2 is 1.86 bits per heavy atom. The maximum Gasteiger partial charge on any atom is 0.410 e. The summed E-state index contributed by atoms with van der Waals surface area (Å²) in [6.45, 7) is 6.65. The van der Waals surface area contributed by atoms with Gasteiger partial charge in [0.25, 0.3) is 5.56 Å². The van der Waals surface area contributed by atoms with E-state index < -0.39 is 0 Å². The smallest absolute Gasteiger partial charge is 0.410 e. The van der Waals surface area contributed by atoms with Crippen molar-refractivity contribution in [1.29, 1.82) is 0 Å². The zero-order chi connectivity index (χ0) is 18.4. The summed E-state index contributed by atoms with van der Waals surface area (Å²) in [4.78, 5) is 29.1. The Hall–Kier alpha value is -1.28. The number of carbonyl (C=O) groups is 1. The van der Waals surface area contributed by atoms with Crippen LogP contribution in [0, 0.1) is 5.92 Å². The molecule has 2 atom stereocenters. The monoisotopic (exact) mass is 444 g/mol. The van der Waals surface area contributed by atoms with E-state index >= 15 is 0 Å². The molecule has 0 spiro atoms. The molecule has 0 aliphatic carbocycles. The average Bonchev–Trinajstić information content (AvgIpc) is 3.11. The van der Waals surface area contributed by atoms with Gasteiger partial charge in [-0.3, -0.25) is 9.69 Å². The second-order valence-electron chi connectivity index (χ2n) is 8.47. The van der Waals surface area contributed by atoms with Crippen LogP contribution in [-0.4, -0.2) is 65.8 Å². The van der Waals surface area contributed by atoms with Crippen molar-refractivity contribution in [1.82, 2.24) is 19.7 Å². The molecule has 5 rings (SSSR count). The quantitative estimate of drug-likeness (QED) is 0.769. The number of hydrogen-bond acceptors (Lipinski definition) is 5. The first-order chi connectivity index (χ1) is 13.2. The highest BCUT2D eigenvalue weighted by Crippen LogP contribution is 2.32. The van der Waals surface area contributed by atoms with E-state index in [1.165, 1.54) is 12.1 Å².